The van der Waals surface area contributed by atoms with E-state index in [-0.39, 0.29) is 29.7 Å². The molecule has 2 aliphatic rings. The fourth-order valence-electron chi connectivity index (χ4n) is 3.45. The third-order valence-electron chi connectivity index (χ3n) is 4.88. The quantitative estimate of drug-likeness (QED) is 0.809. The number of methoxy groups -OCH3 is 1. The maximum atomic E-state index is 13.1. The first-order valence-electron chi connectivity index (χ1n) is 8.00. The Kier molecular flexibility index (Phi) is 4.61. The molecule has 0 aromatic rings. The van der Waals surface area contributed by atoms with E-state index >= 15 is 0 Å². The van der Waals surface area contributed by atoms with E-state index in [9.17, 15) is 9.59 Å². The van der Waals surface area contributed by atoms with Gasteiger partial charge in [-0.2, -0.15) is 0 Å². The van der Waals surface area contributed by atoms with Crippen LogP contribution in [0.25, 0.3) is 0 Å². The van der Waals surface area contributed by atoms with E-state index in [0.717, 1.165) is 19.3 Å². The summed E-state index contributed by atoms with van der Waals surface area (Å²) < 4.78 is 5.28. The molecule has 0 aromatic carbocycles. The van der Waals surface area contributed by atoms with Crippen LogP contribution in [0.3, 0.4) is 0 Å². The Morgan fingerprint density at radius 2 is 2.00 bits per heavy atom. The zero-order valence-corrected chi connectivity index (χ0v) is 13.8. The first-order chi connectivity index (χ1) is 9.86. The Morgan fingerprint density at radius 3 is 2.43 bits per heavy atom. The first-order valence-corrected chi connectivity index (χ1v) is 8.00. The summed E-state index contributed by atoms with van der Waals surface area (Å²) in [4.78, 5) is 27.5. The van der Waals surface area contributed by atoms with E-state index in [1.165, 1.54) is 0 Å². The number of piperazine rings is 1. The van der Waals surface area contributed by atoms with E-state index < -0.39 is 11.6 Å². The topological polar surface area (TPSA) is 58.6 Å². The van der Waals surface area contributed by atoms with Crippen LogP contribution in [-0.2, 0) is 14.3 Å². The molecule has 0 aromatic heterocycles. The molecule has 21 heavy (non-hydrogen) atoms. The van der Waals surface area contributed by atoms with Gasteiger partial charge in [0.05, 0.1) is 12.6 Å². The molecule has 2 fully saturated rings. The summed E-state index contributed by atoms with van der Waals surface area (Å²) in [7, 11) is 1.64. The van der Waals surface area contributed by atoms with Crippen LogP contribution in [-0.4, -0.2) is 48.1 Å². The molecule has 3 atom stereocenters. The molecule has 5 heteroatoms. The second-order valence-electron chi connectivity index (χ2n) is 6.88. The molecule has 0 spiro atoms. The molecular weight excluding hydrogens is 268 g/mol. The smallest absolute Gasteiger partial charge is 0.249 e. The van der Waals surface area contributed by atoms with Gasteiger partial charge in [-0.05, 0) is 38.0 Å². The number of carbonyl (C=O) groups is 2. The van der Waals surface area contributed by atoms with E-state index in [0.29, 0.717) is 6.61 Å². The highest BCUT2D eigenvalue weighted by Gasteiger charge is 2.56. The van der Waals surface area contributed by atoms with Crippen LogP contribution < -0.4 is 5.32 Å². The number of rotatable bonds is 6. The van der Waals surface area contributed by atoms with E-state index in [4.69, 9.17) is 4.74 Å². The number of nitrogens with one attached hydrogen (secondary N) is 1. The van der Waals surface area contributed by atoms with Crippen molar-refractivity contribution in [3.8, 4) is 0 Å². The van der Waals surface area contributed by atoms with Gasteiger partial charge < -0.3 is 15.0 Å². The molecule has 120 valence electrons. The van der Waals surface area contributed by atoms with Crippen molar-refractivity contribution in [3.63, 3.8) is 0 Å². The van der Waals surface area contributed by atoms with Gasteiger partial charge in [0, 0.05) is 7.11 Å². The molecule has 1 N–H and O–H groups in total. The summed E-state index contributed by atoms with van der Waals surface area (Å²) in [5, 5.41) is 3.02. The Labute approximate surface area is 127 Å². The highest BCUT2D eigenvalue weighted by atomic mass is 16.5. The van der Waals surface area contributed by atoms with Crippen molar-refractivity contribution < 1.29 is 14.3 Å². The molecule has 1 aliphatic carbocycles. The fourth-order valence-corrected chi connectivity index (χ4v) is 3.45. The number of carbonyl (C=O) groups excluding carboxylic acids is 2. The lowest BCUT2D eigenvalue weighted by atomic mass is 9.85. The normalized spacial score (nSPS) is 31.5. The van der Waals surface area contributed by atoms with Gasteiger partial charge in [-0.3, -0.25) is 9.59 Å². The molecule has 1 aliphatic heterocycles. The monoisotopic (exact) mass is 296 g/mol. The SMILES string of the molecule is CCC(COC)N1C(=O)C(C)(C2CC2)NC(=O)C1C(C)C. The second-order valence-corrected chi connectivity index (χ2v) is 6.88. The van der Waals surface area contributed by atoms with Gasteiger partial charge in [-0.1, -0.05) is 20.8 Å². The van der Waals surface area contributed by atoms with Gasteiger partial charge in [0.1, 0.15) is 11.6 Å². The Bertz CT molecular complexity index is 420. The largest absolute Gasteiger partial charge is 0.383 e. The van der Waals surface area contributed by atoms with Crippen molar-refractivity contribution in [1.29, 1.82) is 0 Å². The predicted molar refractivity (Wildman–Crippen MR) is 80.7 cm³/mol. The molecule has 2 amide bonds. The van der Waals surface area contributed by atoms with Crippen molar-refractivity contribution >= 4 is 11.8 Å². The Hall–Kier alpha value is -1.10. The van der Waals surface area contributed by atoms with Crippen LogP contribution in [0.5, 0.6) is 0 Å². The van der Waals surface area contributed by atoms with Crippen LogP contribution in [0, 0.1) is 11.8 Å². The van der Waals surface area contributed by atoms with Crippen LogP contribution >= 0.6 is 0 Å². The summed E-state index contributed by atoms with van der Waals surface area (Å²) in [6, 6.07) is -0.441. The first kappa shape index (κ1) is 16.3. The molecular formula is C16H28N2O3. The zero-order chi connectivity index (χ0) is 15.8. The third-order valence-corrected chi connectivity index (χ3v) is 4.88. The lowest BCUT2D eigenvalue weighted by Gasteiger charge is -2.49. The molecule has 3 unspecified atom stereocenters. The van der Waals surface area contributed by atoms with Crippen molar-refractivity contribution in [2.75, 3.05) is 13.7 Å². The van der Waals surface area contributed by atoms with Crippen LogP contribution in [0.1, 0.15) is 47.0 Å². The van der Waals surface area contributed by atoms with E-state index in [2.05, 4.69) is 5.32 Å². The Balaban J connectivity index is 2.36. The minimum absolute atomic E-state index is 0.0199. The van der Waals surface area contributed by atoms with Crippen molar-refractivity contribution in [2.45, 2.75) is 64.6 Å². The molecule has 0 radical (unpaired) electrons. The molecule has 1 saturated carbocycles. The maximum Gasteiger partial charge on any atom is 0.249 e. The standard InChI is InChI=1S/C16H28N2O3/c1-6-12(9-21-5)18-13(10(2)3)14(19)17-16(4,15(18)20)11-7-8-11/h10-13H,6-9H2,1-5H3,(H,17,19). The lowest BCUT2D eigenvalue weighted by Crippen LogP contribution is -2.73. The molecule has 2 rings (SSSR count). The number of hydrogen-bond donors (Lipinski definition) is 1. The number of amides is 2. The number of nitrogens with zero attached hydrogens (tertiary/aromatic N) is 1. The summed E-state index contributed by atoms with van der Waals surface area (Å²) >= 11 is 0. The number of ether oxygens (including phenoxy) is 1. The minimum atomic E-state index is -0.733. The molecule has 5 nitrogen and oxygen atoms in total. The highest BCUT2D eigenvalue weighted by molar-refractivity contribution is 6.00. The lowest BCUT2D eigenvalue weighted by molar-refractivity contribution is -0.161. The van der Waals surface area contributed by atoms with Crippen molar-refractivity contribution in [2.24, 2.45) is 11.8 Å². The summed E-state index contributed by atoms with van der Waals surface area (Å²) in [5.74, 6) is 0.411. The van der Waals surface area contributed by atoms with Crippen LogP contribution in [0.2, 0.25) is 0 Å². The van der Waals surface area contributed by atoms with Gasteiger partial charge in [-0.25, -0.2) is 0 Å². The predicted octanol–water partition coefficient (Wildman–Crippen LogP) is 1.56. The zero-order valence-electron chi connectivity index (χ0n) is 13.8. The van der Waals surface area contributed by atoms with E-state index in [1.807, 2.05) is 32.6 Å². The third kappa shape index (κ3) is 2.80. The van der Waals surface area contributed by atoms with Crippen LogP contribution in [0.4, 0.5) is 0 Å². The highest BCUT2D eigenvalue weighted by Crippen LogP contribution is 2.43. The van der Waals surface area contributed by atoms with Gasteiger partial charge in [0.2, 0.25) is 11.8 Å². The van der Waals surface area contributed by atoms with Gasteiger partial charge >= 0.3 is 0 Å². The molecule has 0 bridgehead atoms. The maximum absolute atomic E-state index is 13.1. The Morgan fingerprint density at radius 1 is 1.38 bits per heavy atom. The number of hydrogen-bond acceptors (Lipinski definition) is 3. The summed E-state index contributed by atoms with van der Waals surface area (Å²) in [6.45, 7) is 8.37. The molecule has 1 heterocycles. The average molecular weight is 296 g/mol. The van der Waals surface area contributed by atoms with Gasteiger partial charge in [0.15, 0.2) is 0 Å². The average Bonchev–Trinajstić information content (AvgIpc) is 3.24. The van der Waals surface area contributed by atoms with Crippen LogP contribution in [0.15, 0.2) is 0 Å². The minimum Gasteiger partial charge on any atom is -0.383 e. The summed E-state index contributed by atoms with van der Waals surface area (Å²) in [6.07, 6.45) is 2.82. The molecule has 1 saturated heterocycles. The van der Waals surface area contributed by atoms with Crippen molar-refractivity contribution in [3.05, 3.63) is 0 Å². The summed E-state index contributed by atoms with van der Waals surface area (Å²) in [5.41, 5.74) is -0.733. The second kappa shape index (κ2) is 5.95. The fraction of sp³-hybridized carbons (Fsp3) is 0.875. The van der Waals surface area contributed by atoms with Gasteiger partial charge in [-0.15, -0.1) is 0 Å². The van der Waals surface area contributed by atoms with E-state index in [1.54, 1.807) is 7.11 Å². The van der Waals surface area contributed by atoms with Crippen molar-refractivity contribution in [1.82, 2.24) is 10.2 Å². The van der Waals surface area contributed by atoms with Gasteiger partial charge in [0.25, 0.3) is 0 Å².